The highest BCUT2D eigenvalue weighted by atomic mass is 32.1. The minimum absolute atomic E-state index is 0.186. The third-order valence-electron chi connectivity index (χ3n) is 8.00. The molecule has 0 aliphatic carbocycles. The number of halogens is 1. The van der Waals surface area contributed by atoms with Crippen LogP contribution in [-0.2, 0) is 0 Å². The summed E-state index contributed by atoms with van der Waals surface area (Å²) in [6.45, 7) is 0. The molecule has 0 aliphatic rings. The van der Waals surface area contributed by atoms with Crippen LogP contribution in [0.4, 0.5) is 21.7 Å². The first kappa shape index (κ1) is 30.5. The van der Waals surface area contributed by atoms with Gasteiger partial charge < -0.3 is 5.73 Å². The summed E-state index contributed by atoms with van der Waals surface area (Å²) in [5.41, 5.74) is 11.1. The first-order valence-electron chi connectivity index (χ1n) is 15.3. The van der Waals surface area contributed by atoms with Crippen molar-refractivity contribution < 1.29 is 9.18 Å². The number of nitrogens with two attached hydrogens (primary N) is 1. The molecule has 3 N–H and O–H groups in total. The molecule has 13 heteroatoms. The first-order valence-corrected chi connectivity index (χ1v) is 16.1. The van der Waals surface area contributed by atoms with E-state index in [-0.39, 0.29) is 22.1 Å². The average Bonchev–Trinajstić information content (AvgIpc) is 3.76. The number of nitrogens with zero attached hydrogens (tertiary/aromatic N) is 7. The molecule has 0 spiro atoms. The van der Waals surface area contributed by atoms with Crippen molar-refractivity contribution in [3.8, 4) is 39.7 Å². The number of para-hydroxylation sites is 1. The Morgan fingerprint density at radius 3 is 2.34 bits per heavy atom. The Kier molecular flexibility index (Phi) is 7.70. The molecule has 5 aromatic heterocycles. The maximum Gasteiger partial charge on any atom is 0.323 e. The number of hydrogen-bond acceptors (Lipinski definition) is 9. The Morgan fingerprint density at radius 2 is 1.64 bits per heavy atom. The van der Waals surface area contributed by atoms with Crippen molar-refractivity contribution in [3.63, 3.8) is 0 Å². The molecule has 1 amide bonds. The number of carbonyl (C=O) groups excluding carboxylic acids is 1. The number of hydrogen-bond donors (Lipinski definition) is 2. The van der Waals surface area contributed by atoms with Gasteiger partial charge in [-0.2, -0.15) is 4.37 Å². The quantitative estimate of drug-likeness (QED) is 0.182. The number of aromatic amines is 1. The van der Waals surface area contributed by atoms with Crippen LogP contribution in [0.25, 0.3) is 50.9 Å². The van der Waals surface area contributed by atoms with Crippen LogP contribution in [0.1, 0.15) is 10.4 Å². The van der Waals surface area contributed by atoms with Gasteiger partial charge in [0, 0.05) is 28.9 Å². The van der Waals surface area contributed by atoms with E-state index in [0.717, 1.165) is 22.8 Å². The molecular formula is C37H24FN9O2S. The van der Waals surface area contributed by atoms with Crippen LogP contribution in [0, 0.1) is 5.82 Å². The summed E-state index contributed by atoms with van der Waals surface area (Å²) in [4.78, 5) is 48.1. The number of anilines is 3. The molecule has 5 heterocycles. The number of nitrogen functional groups attached to an aromatic ring is 1. The molecule has 0 bridgehead atoms. The Labute approximate surface area is 287 Å². The summed E-state index contributed by atoms with van der Waals surface area (Å²) in [6, 6.07) is 33.6. The van der Waals surface area contributed by atoms with Gasteiger partial charge in [0.15, 0.2) is 17.3 Å². The monoisotopic (exact) mass is 677 g/mol. The molecule has 0 atom stereocenters. The van der Waals surface area contributed by atoms with Gasteiger partial charge in [0.1, 0.15) is 23.0 Å². The highest BCUT2D eigenvalue weighted by Crippen LogP contribution is 2.33. The number of fused-ring (bicyclic) bond motifs is 1. The molecule has 8 aromatic rings. The van der Waals surface area contributed by atoms with Gasteiger partial charge in [0.25, 0.3) is 5.91 Å². The topological polar surface area (TPSA) is 149 Å². The van der Waals surface area contributed by atoms with E-state index < -0.39 is 11.7 Å². The number of carbonyl (C=O) groups is 1. The first-order chi connectivity index (χ1) is 24.4. The third-order valence-corrected chi connectivity index (χ3v) is 8.55. The van der Waals surface area contributed by atoms with Crippen molar-refractivity contribution in [2.24, 2.45) is 0 Å². The van der Waals surface area contributed by atoms with E-state index in [4.69, 9.17) is 20.7 Å². The number of imidazole rings is 1. The average molecular weight is 678 g/mol. The number of H-pyrrole nitrogens is 1. The fourth-order valence-electron chi connectivity index (χ4n) is 5.64. The van der Waals surface area contributed by atoms with Crippen LogP contribution in [0.5, 0.6) is 0 Å². The maximum atomic E-state index is 15.6. The Bertz CT molecular complexity index is 2570. The summed E-state index contributed by atoms with van der Waals surface area (Å²) < 4.78 is 21.4. The molecule has 0 saturated heterocycles. The van der Waals surface area contributed by atoms with Crippen molar-refractivity contribution in [1.29, 1.82) is 0 Å². The largest absolute Gasteiger partial charge is 0.383 e. The van der Waals surface area contributed by atoms with E-state index >= 15 is 4.39 Å². The Hall–Kier alpha value is -6.86. The van der Waals surface area contributed by atoms with Crippen molar-refractivity contribution in [3.05, 3.63) is 149 Å². The number of pyridine rings is 3. The van der Waals surface area contributed by atoms with E-state index in [1.54, 1.807) is 54.9 Å². The normalized spacial score (nSPS) is 11.1. The summed E-state index contributed by atoms with van der Waals surface area (Å²) in [5, 5.41) is 0. The minimum atomic E-state index is -0.775. The van der Waals surface area contributed by atoms with Gasteiger partial charge in [-0.05, 0) is 60.7 Å². The van der Waals surface area contributed by atoms with Crippen molar-refractivity contribution >= 4 is 45.9 Å². The Balaban J connectivity index is 1.23. The molecule has 11 nitrogen and oxygen atoms in total. The lowest BCUT2D eigenvalue weighted by molar-refractivity contribution is 0.0995. The SMILES string of the molecule is Nc1ncccc1-c1nc2ccc(-c3ccccc3)nc2n1-c1ccc(N(C(=O)c2ccc(-c3nsc(=O)[nH]3)cc2F)c2ccccc2)nc1. The summed E-state index contributed by atoms with van der Waals surface area (Å²) in [7, 11) is 0. The zero-order valence-electron chi connectivity index (χ0n) is 25.9. The van der Waals surface area contributed by atoms with Gasteiger partial charge in [-0.3, -0.25) is 24.0 Å². The Morgan fingerprint density at radius 1 is 0.840 bits per heavy atom. The van der Waals surface area contributed by atoms with Gasteiger partial charge in [-0.25, -0.2) is 24.3 Å². The van der Waals surface area contributed by atoms with Crippen LogP contribution in [-0.4, -0.2) is 39.8 Å². The van der Waals surface area contributed by atoms with E-state index in [0.29, 0.717) is 45.3 Å². The predicted molar refractivity (Wildman–Crippen MR) is 191 cm³/mol. The zero-order chi connectivity index (χ0) is 34.2. The molecule has 8 rings (SSSR count). The predicted octanol–water partition coefficient (Wildman–Crippen LogP) is 7.06. The highest BCUT2D eigenvalue weighted by Gasteiger charge is 2.25. The van der Waals surface area contributed by atoms with Gasteiger partial charge in [-0.1, -0.05) is 54.6 Å². The zero-order valence-corrected chi connectivity index (χ0v) is 26.8. The molecule has 0 saturated carbocycles. The van der Waals surface area contributed by atoms with Gasteiger partial charge in [0.2, 0.25) is 0 Å². The molecular weight excluding hydrogens is 654 g/mol. The molecule has 242 valence electrons. The second-order valence-electron chi connectivity index (χ2n) is 11.1. The van der Waals surface area contributed by atoms with E-state index in [9.17, 15) is 9.59 Å². The second kappa shape index (κ2) is 12.6. The van der Waals surface area contributed by atoms with Crippen molar-refractivity contribution in [2.75, 3.05) is 10.6 Å². The smallest absolute Gasteiger partial charge is 0.323 e. The fraction of sp³-hybridized carbons (Fsp3) is 0. The van der Waals surface area contributed by atoms with Crippen LogP contribution >= 0.6 is 11.5 Å². The second-order valence-corrected chi connectivity index (χ2v) is 11.8. The van der Waals surface area contributed by atoms with Crippen molar-refractivity contribution in [1.82, 2.24) is 33.9 Å². The number of rotatable bonds is 7. The summed E-state index contributed by atoms with van der Waals surface area (Å²) >= 11 is 0.729. The lowest BCUT2D eigenvalue weighted by atomic mass is 10.1. The van der Waals surface area contributed by atoms with Gasteiger partial charge in [0.05, 0.1) is 34.4 Å². The van der Waals surface area contributed by atoms with Crippen LogP contribution < -0.4 is 15.5 Å². The standard InChI is InChI=1S/C37H24FN9O2S/c38-28-20-23(33-44-37(49)50-45-33)13-15-26(28)36(48)46(24-10-5-2-6-11-24)31-18-14-25(21-41-31)47-34(27-12-7-19-40-32(27)39)43-30-17-16-29(42-35(30)47)22-8-3-1-4-9-22/h1-21H,(H2,39,40)(H,44,45,49). The van der Waals surface area contributed by atoms with Crippen molar-refractivity contribution in [2.45, 2.75) is 0 Å². The van der Waals surface area contributed by atoms with Gasteiger partial charge >= 0.3 is 4.87 Å². The molecule has 50 heavy (non-hydrogen) atoms. The highest BCUT2D eigenvalue weighted by molar-refractivity contribution is 7.03. The van der Waals surface area contributed by atoms with Gasteiger partial charge in [-0.15, -0.1) is 0 Å². The summed E-state index contributed by atoms with van der Waals surface area (Å²) in [6.07, 6.45) is 3.21. The molecule has 0 aliphatic heterocycles. The van der Waals surface area contributed by atoms with E-state index in [1.807, 2.05) is 59.2 Å². The number of nitrogens with one attached hydrogen (secondary N) is 1. The van der Waals surface area contributed by atoms with E-state index in [2.05, 4.69) is 14.3 Å². The lowest BCUT2D eigenvalue weighted by Crippen LogP contribution is -2.27. The van der Waals surface area contributed by atoms with Crippen LogP contribution in [0.2, 0.25) is 0 Å². The lowest BCUT2D eigenvalue weighted by Gasteiger charge is -2.23. The van der Waals surface area contributed by atoms with Crippen LogP contribution in [0.15, 0.2) is 132 Å². The van der Waals surface area contributed by atoms with Crippen LogP contribution in [0.3, 0.4) is 0 Å². The van der Waals surface area contributed by atoms with E-state index in [1.165, 1.54) is 23.1 Å². The molecule has 0 fully saturated rings. The number of aromatic nitrogens is 7. The maximum absolute atomic E-state index is 15.6. The molecule has 0 unspecified atom stereocenters. The summed E-state index contributed by atoms with van der Waals surface area (Å²) in [5.74, 6) is -0.132. The minimum Gasteiger partial charge on any atom is -0.383 e. The molecule has 3 aromatic carbocycles. The third kappa shape index (κ3) is 5.56. The molecule has 0 radical (unpaired) electrons. The number of benzene rings is 3. The number of amides is 1. The fourth-order valence-corrected chi connectivity index (χ4v) is 6.11.